The first kappa shape index (κ1) is 13.7. The Morgan fingerprint density at radius 2 is 1.89 bits per heavy atom. The van der Waals surface area contributed by atoms with Gasteiger partial charge in [0.25, 0.3) is 0 Å². The summed E-state index contributed by atoms with van der Waals surface area (Å²) >= 11 is 3.15. The molecule has 100 valence electrons. The van der Waals surface area contributed by atoms with Crippen LogP contribution in [-0.4, -0.2) is 4.98 Å². The third-order valence-electron chi connectivity index (χ3n) is 2.26. The molecule has 19 heavy (non-hydrogen) atoms. The minimum atomic E-state index is -4.54. The van der Waals surface area contributed by atoms with Gasteiger partial charge in [-0.05, 0) is 34.1 Å². The molecule has 0 unspecified atom stereocenters. The van der Waals surface area contributed by atoms with Crippen LogP contribution < -0.4 is 10.5 Å². The summed E-state index contributed by atoms with van der Waals surface area (Å²) in [6.45, 7) is 0. The van der Waals surface area contributed by atoms with Crippen LogP contribution in [0.25, 0.3) is 0 Å². The van der Waals surface area contributed by atoms with E-state index >= 15 is 0 Å². The number of rotatable bonds is 2. The van der Waals surface area contributed by atoms with E-state index < -0.39 is 11.7 Å². The number of nitrogens with zero attached hydrogens (tertiary/aromatic N) is 1. The van der Waals surface area contributed by atoms with Crippen molar-refractivity contribution in [3.8, 4) is 11.5 Å². The Morgan fingerprint density at radius 1 is 1.16 bits per heavy atom. The maximum Gasteiger partial charge on any atom is 0.420 e. The van der Waals surface area contributed by atoms with Crippen LogP contribution in [0.5, 0.6) is 11.5 Å². The zero-order valence-electron chi connectivity index (χ0n) is 9.41. The highest BCUT2D eigenvalue weighted by Crippen LogP contribution is 2.40. The zero-order chi connectivity index (χ0) is 14.0. The number of nitrogens with two attached hydrogens (primary N) is 1. The summed E-state index contributed by atoms with van der Waals surface area (Å²) in [7, 11) is 0. The van der Waals surface area contributed by atoms with Crippen LogP contribution in [0.2, 0.25) is 0 Å². The molecule has 0 radical (unpaired) electrons. The Balaban J connectivity index is 2.44. The molecule has 2 aromatic rings. The highest BCUT2D eigenvalue weighted by molar-refractivity contribution is 9.10. The van der Waals surface area contributed by atoms with Gasteiger partial charge in [-0.15, -0.1) is 0 Å². The molecule has 0 saturated carbocycles. The first-order valence-corrected chi connectivity index (χ1v) is 5.91. The third kappa shape index (κ3) is 3.17. The molecule has 0 atom stereocenters. The molecule has 7 heteroatoms. The molecule has 0 amide bonds. The van der Waals surface area contributed by atoms with Crippen molar-refractivity contribution in [1.29, 1.82) is 0 Å². The van der Waals surface area contributed by atoms with Crippen LogP contribution in [0.4, 0.5) is 18.9 Å². The van der Waals surface area contributed by atoms with Gasteiger partial charge in [0.15, 0.2) is 0 Å². The van der Waals surface area contributed by atoms with Gasteiger partial charge < -0.3 is 10.5 Å². The number of pyridine rings is 1. The molecule has 0 aliphatic heterocycles. The first-order chi connectivity index (χ1) is 8.88. The van der Waals surface area contributed by atoms with E-state index in [4.69, 9.17) is 10.5 Å². The molecular weight excluding hydrogens is 325 g/mol. The molecule has 0 saturated heterocycles. The predicted octanol–water partition coefficient (Wildman–Crippen LogP) is 4.24. The fraction of sp³-hybridized carbons (Fsp3) is 0.0833. The van der Waals surface area contributed by atoms with Gasteiger partial charge in [-0.1, -0.05) is 0 Å². The van der Waals surface area contributed by atoms with Crippen molar-refractivity contribution in [2.75, 3.05) is 5.73 Å². The summed E-state index contributed by atoms with van der Waals surface area (Å²) in [4.78, 5) is 3.80. The van der Waals surface area contributed by atoms with Crippen molar-refractivity contribution >= 4 is 21.6 Å². The minimum Gasteiger partial charge on any atom is -0.455 e. The van der Waals surface area contributed by atoms with Crippen LogP contribution in [-0.2, 0) is 6.18 Å². The number of halogens is 4. The highest BCUT2D eigenvalue weighted by Gasteiger charge is 2.34. The average Bonchev–Trinajstić information content (AvgIpc) is 2.33. The van der Waals surface area contributed by atoms with Crippen LogP contribution in [0.1, 0.15) is 5.56 Å². The van der Waals surface area contributed by atoms with Gasteiger partial charge in [0.2, 0.25) is 0 Å². The van der Waals surface area contributed by atoms with E-state index in [1.807, 2.05) is 0 Å². The second kappa shape index (κ2) is 5.08. The molecule has 0 aliphatic rings. The van der Waals surface area contributed by atoms with E-state index in [0.717, 1.165) is 6.07 Å². The second-order valence-corrected chi connectivity index (χ2v) is 4.52. The number of hydrogen-bond donors (Lipinski definition) is 1. The van der Waals surface area contributed by atoms with Crippen molar-refractivity contribution in [3.63, 3.8) is 0 Å². The largest absolute Gasteiger partial charge is 0.455 e. The molecule has 0 spiro atoms. The van der Waals surface area contributed by atoms with Crippen molar-refractivity contribution < 1.29 is 17.9 Å². The number of hydrogen-bond acceptors (Lipinski definition) is 3. The summed E-state index contributed by atoms with van der Waals surface area (Å²) in [6, 6.07) is 4.83. The number of anilines is 1. The smallest absolute Gasteiger partial charge is 0.420 e. The second-order valence-electron chi connectivity index (χ2n) is 3.66. The Bertz CT molecular complexity index is 602. The maximum absolute atomic E-state index is 12.9. The average molecular weight is 333 g/mol. The SMILES string of the molecule is Nc1ccc(Oc2ccncc2Br)c(C(F)(F)F)c1. The summed E-state index contributed by atoms with van der Waals surface area (Å²) < 4.78 is 44.3. The zero-order valence-corrected chi connectivity index (χ0v) is 11.0. The summed E-state index contributed by atoms with van der Waals surface area (Å²) in [6.07, 6.45) is -1.69. The normalized spacial score (nSPS) is 11.4. The predicted molar refractivity (Wildman–Crippen MR) is 67.9 cm³/mol. The Kier molecular flexibility index (Phi) is 3.66. The summed E-state index contributed by atoms with van der Waals surface area (Å²) in [5, 5.41) is 0. The van der Waals surface area contributed by atoms with Gasteiger partial charge in [0.05, 0.1) is 4.47 Å². The minimum absolute atomic E-state index is 0.0217. The molecule has 0 fully saturated rings. The topological polar surface area (TPSA) is 48.1 Å². The van der Waals surface area contributed by atoms with Gasteiger partial charge >= 0.3 is 6.18 Å². The fourth-order valence-corrected chi connectivity index (χ4v) is 1.75. The maximum atomic E-state index is 12.9. The number of nitrogen functional groups attached to an aromatic ring is 1. The van der Waals surface area contributed by atoms with Crippen molar-refractivity contribution in [3.05, 3.63) is 46.7 Å². The molecular formula is C12H8BrF3N2O. The van der Waals surface area contributed by atoms with Gasteiger partial charge in [-0.25, -0.2) is 0 Å². The Hall–Kier alpha value is -1.76. The quantitative estimate of drug-likeness (QED) is 0.837. The lowest BCUT2D eigenvalue weighted by atomic mass is 10.1. The molecule has 1 aromatic heterocycles. The van der Waals surface area contributed by atoms with E-state index in [0.29, 0.717) is 4.47 Å². The van der Waals surface area contributed by atoms with Crippen LogP contribution in [0.15, 0.2) is 41.1 Å². The lowest BCUT2D eigenvalue weighted by molar-refractivity contribution is -0.138. The van der Waals surface area contributed by atoms with Crippen molar-refractivity contribution in [2.45, 2.75) is 6.18 Å². The first-order valence-electron chi connectivity index (χ1n) is 5.12. The van der Waals surface area contributed by atoms with Crippen LogP contribution in [0.3, 0.4) is 0 Å². The lowest BCUT2D eigenvalue weighted by Gasteiger charge is -2.14. The molecule has 2 N–H and O–H groups in total. The monoisotopic (exact) mass is 332 g/mol. The number of aromatic nitrogens is 1. The van der Waals surface area contributed by atoms with Gasteiger partial charge in [0, 0.05) is 24.1 Å². The fourth-order valence-electron chi connectivity index (χ4n) is 1.42. The van der Waals surface area contributed by atoms with Gasteiger partial charge in [-0.3, -0.25) is 4.98 Å². The number of benzene rings is 1. The van der Waals surface area contributed by atoms with Crippen molar-refractivity contribution in [2.24, 2.45) is 0 Å². The molecule has 3 nitrogen and oxygen atoms in total. The van der Waals surface area contributed by atoms with E-state index in [1.54, 1.807) is 0 Å². The lowest BCUT2D eigenvalue weighted by Crippen LogP contribution is -2.08. The summed E-state index contributed by atoms with van der Waals surface area (Å²) in [5.74, 6) is -0.0705. The molecule has 1 aromatic carbocycles. The van der Waals surface area contributed by atoms with Gasteiger partial charge in [0.1, 0.15) is 17.1 Å². The molecule has 2 rings (SSSR count). The molecule has 1 heterocycles. The van der Waals surface area contributed by atoms with E-state index in [-0.39, 0.29) is 17.2 Å². The van der Waals surface area contributed by atoms with Crippen molar-refractivity contribution in [1.82, 2.24) is 4.98 Å². The van der Waals surface area contributed by atoms with E-state index in [1.165, 1.54) is 30.6 Å². The van der Waals surface area contributed by atoms with E-state index in [9.17, 15) is 13.2 Å². The number of alkyl halides is 3. The Morgan fingerprint density at radius 3 is 2.53 bits per heavy atom. The van der Waals surface area contributed by atoms with E-state index in [2.05, 4.69) is 20.9 Å². The third-order valence-corrected chi connectivity index (χ3v) is 2.86. The van der Waals surface area contributed by atoms with Crippen LogP contribution in [0, 0.1) is 0 Å². The van der Waals surface area contributed by atoms with Gasteiger partial charge in [-0.2, -0.15) is 13.2 Å². The molecule has 0 aliphatic carbocycles. The number of ether oxygens (including phenoxy) is 1. The summed E-state index contributed by atoms with van der Waals surface area (Å²) in [5.41, 5.74) is 4.47. The van der Waals surface area contributed by atoms with Crippen LogP contribution >= 0.6 is 15.9 Å². The Labute approximate surface area is 115 Å². The highest BCUT2D eigenvalue weighted by atomic mass is 79.9. The standard InChI is InChI=1S/C12H8BrF3N2O/c13-9-6-18-4-3-11(9)19-10-2-1-7(17)5-8(10)12(14,15)16/h1-6H,17H2. The molecule has 0 bridgehead atoms.